The first kappa shape index (κ1) is 10.0. The van der Waals surface area contributed by atoms with E-state index in [9.17, 15) is 4.79 Å². The second kappa shape index (κ2) is 3.36. The van der Waals surface area contributed by atoms with Crippen LogP contribution in [0.15, 0.2) is 0 Å². The Hall–Kier alpha value is -1.06. The zero-order chi connectivity index (χ0) is 10.1. The Balaban J connectivity index is 2.43. The van der Waals surface area contributed by atoms with Gasteiger partial charge in [0.2, 0.25) is 0 Å². The Labute approximate surface area is 77.5 Å². The van der Waals surface area contributed by atoms with Gasteiger partial charge in [-0.2, -0.15) is 0 Å². The van der Waals surface area contributed by atoms with Crippen LogP contribution in [0.5, 0.6) is 0 Å². The van der Waals surface area contributed by atoms with Crippen molar-refractivity contribution in [2.45, 2.75) is 39.4 Å². The van der Waals surface area contributed by atoms with Crippen LogP contribution in [0, 0.1) is 0 Å². The van der Waals surface area contributed by atoms with E-state index >= 15 is 0 Å². The summed E-state index contributed by atoms with van der Waals surface area (Å²) < 4.78 is 15.2. The second-order valence-corrected chi connectivity index (χ2v) is 3.94. The second-order valence-electron chi connectivity index (χ2n) is 3.94. The first-order valence-corrected chi connectivity index (χ1v) is 4.24. The topological polar surface area (TPSA) is 46.8 Å². The van der Waals surface area contributed by atoms with Gasteiger partial charge in [0.1, 0.15) is 5.60 Å². The van der Waals surface area contributed by atoms with Gasteiger partial charge >= 0.3 is 18.0 Å². The SMILES string of the molecule is CC1=[O+]CC(C(=O)OC(C)(C)C)O1. The van der Waals surface area contributed by atoms with Crippen molar-refractivity contribution < 1.29 is 18.7 Å². The number of ether oxygens (including phenoxy) is 2. The summed E-state index contributed by atoms with van der Waals surface area (Å²) in [5.41, 5.74) is -0.475. The van der Waals surface area contributed by atoms with Crippen molar-refractivity contribution in [1.29, 1.82) is 0 Å². The maximum atomic E-state index is 11.4. The van der Waals surface area contributed by atoms with E-state index in [2.05, 4.69) is 0 Å². The Kier molecular flexibility index (Phi) is 2.59. The number of hydrogen-bond donors (Lipinski definition) is 0. The van der Waals surface area contributed by atoms with Gasteiger partial charge < -0.3 is 9.16 Å². The Morgan fingerprint density at radius 2 is 2.23 bits per heavy atom. The molecule has 4 heteroatoms. The fourth-order valence-corrected chi connectivity index (χ4v) is 0.945. The van der Waals surface area contributed by atoms with E-state index in [0.717, 1.165) is 0 Å². The van der Waals surface area contributed by atoms with Crippen LogP contribution >= 0.6 is 0 Å². The van der Waals surface area contributed by atoms with Crippen LogP contribution < -0.4 is 0 Å². The van der Waals surface area contributed by atoms with E-state index in [1.807, 2.05) is 20.8 Å². The van der Waals surface area contributed by atoms with Gasteiger partial charge in [-0.15, -0.1) is 0 Å². The van der Waals surface area contributed by atoms with Crippen LogP contribution in [0.1, 0.15) is 27.7 Å². The average Bonchev–Trinajstić information content (AvgIpc) is 2.31. The molecular formula is C9H15O4+. The standard InChI is InChI=1S/C9H15O4/c1-6-11-5-7(12-6)8(10)13-9(2,3)4/h7H,5H2,1-4H3/q+1. The summed E-state index contributed by atoms with van der Waals surface area (Å²) in [5.74, 6) is 0.0557. The lowest BCUT2D eigenvalue weighted by Crippen LogP contribution is -2.33. The monoisotopic (exact) mass is 187 g/mol. The highest BCUT2D eigenvalue weighted by Gasteiger charge is 2.39. The predicted molar refractivity (Wildman–Crippen MR) is 46.3 cm³/mol. The molecule has 0 spiro atoms. The first-order chi connectivity index (χ1) is 5.88. The Morgan fingerprint density at radius 1 is 1.62 bits per heavy atom. The minimum atomic E-state index is -0.598. The molecule has 0 amide bonds. The van der Waals surface area contributed by atoms with Gasteiger partial charge in [0.15, 0.2) is 0 Å². The highest BCUT2D eigenvalue weighted by molar-refractivity contribution is 5.80. The molecule has 0 bridgehead atoms. The molecule has 0 aliphatic carbocycles. The average molecular weight is 187 g/mol. The van der Waals surface area contributed by atoms with Crippen molar-refractivity contribution in [1.82, 2.24) is 0 Å². The number of carbonyl (C=O) groups is 1. The molecule has 0 aromatic rings. The molecule has 0 aromatic heterocycles. The zero-order valence-corrected chi connectivity index (χ0v) is 8.42. The van der Waals surface area contributed by atoms with Crippen molar-refractivity contribution in [2.75, 3.05) is 6.61 Å². The lowest BCUT2D eigenvalue weighted by atomic mass is 10.2. The summed E-state index contributed by atoms with van der Waals surface area (Å²) in [5, 5.41) is 0. The van der Waals surface area contributed by atoms with Gasteiger partial charge in [-0.05, 0) is 20.8 Å². The summed E-state index contributed by atoms with van der Waals surface area (Å²) in [7, 11) is 0. The molecule has 1 aliphatic heterocycles. The van der Waals surface area contributed by atoms with Gasteiger partial charge in [0, 0.05) is 0 Å². The summed E-state index contributed by atoms with van der Waals surface area (Å²) in [6.45, 7) is 7.37. The van der Waals surface area contributed by atoms with Gasteiger partial charge in [0.05, 0.1) is 6.92 Å². The predicted octanol–water partition coefficient (Wildman–Crippen LogP) is 0.809. The molecular weight excluding hydrogens is 172 g/mol. The highest BCUT2D eigenvalue weighted by atomic mass is 16.7. The third kappa shape index (κ3) is 3.05. The number of rotatable bonds is 1. The van der Waals surface area contributed by atoms with Gasteiger partial charge in [-0.3, -0.25) is 4.74 Å². The smallest absolute Gasteiger partial charge is 0.455 e. The van der Waals surface area contributed by atoms with Crippen LogP contribution in [-0.2, 0) is 18.7 Å². The van der Waals surface area contributed by atoms with Crippen molar-refractivity contribution in [3.63, 3.8) is 0 Å². The van der Waals surface area contributed by atoms with Crippen molar-refractivity contribution in [2.24, 2.45) is 0 Å². The highest BCUT2D eigenvalue weighted by Crippen LogP contribution is 2.11. The molecule has 4 nitrogen and oxygen atoms in total. The van der Waals surface area contributed by atoms with Crippen molar-refractivity contribution in [3.05, 3.63) is 0 Å². The molecule has 0 N–H and O–H groups in total. The summed E-state index contributed by atoms with van der Waals surface area (Å²) in [4.78, 5) is 11.4. The van der Waals surface area contributed by atoms with Crippen LogP contribution in [0.25, 0.3) is 0 Å². The Bertz CT molecular complexity index is 236. The molecule has 0 fully saturated rings. The molecule has 1 unspecified atom stereocenters. The number of esters is 2. The fourth-order valence-electron chi connectivity index (χ4n) is 0.945. The van der Waals surface area contributed by atoms with Gasteiger partial charge in [-0.25, -0.2) is 4.79 Å². The van der Waals surface area contributed by atoms with E-state index < -0.39 is 11.7 Å². The third-order valence-corrected chi connectivity index (χ3v) is 1.42. The van der Waals surface area contributed by atoms with Gasteiger partial charge in [-0.1, -0.05) is 0 Å². The van der Waals surface area contributed by atoms with Gasteiger partial charge in [0.25, 0.3) is 6.61 Å². The molecule has 0 radical (unpaired) electrons. The summed E-state index contributed by atoms with van der Waals surface area (Å²) >= 11 is 0. The lowest BCUT2D eigenvalue weighted by molar-refractivity contribution is -0.448. The number of cyclic esters (lactones) is 1. The first-order valence-electron chi connectivity index (χ1n) is 4.24. The quantitative estimate of drug-likeness (QED) is 0.451. The van der Waals surface area contributed by atoms with E-state index in [1.165, 1.54) is 0 Å². The normalized spacial score (nSPS) is 22.2. The van der Waals surface area contributed by atoms with Crippen LogP contribution in [0.3, 0.4) is 0 Å². The largest absolute Gasteiger partial charge is 0.482 e. The lowest BCUT2D eigenvalue weighted by Gasteiger charge is -2.19. The molecule has 1 heterocycles. The fraction of sp³-hybridized carbons (Fsp3) is 0.778. The van der Waals surface area contributed by atoms with E-state index in [4.69, 9.17) is 13.9 Å². The van der Waals surface area contributed by atoms with E-state index in [-0.39, 0.29) is 12.6 Å². The molecule has 13 heavy (non-hydrogen) atoms. The minimum absolute atomic E-state index is 0.251. The molecule has 1 aliphatic rings. The third-order valence-electron chi connectivity index (χ3n) is 1.42. The van der Waals surface area contributed by atoms with Crippen LogP contribution in [-0.4, -0.2) is 30.3 Å². The molecule has 74 valence electrons. The summed E-state index contributed by atoms with van der Waals surface area (Å²) in [6.07, 6.45) is -0.598. The maximum Gasteiger partial charge on any atom is 0.482 e. The minimum Gasteiger partial charge on any atom is -0.455 e. The van der Waals surface area contributed by atoms with E-state index in [1.54, 1.807) is 6.92 Å². The van der Waals surface area contributed by atoms with E-state index in [0.29, 0.717) is 5.97 Å². The van der Waals surface area contributed by atoms with Crippen LogP contribution in [0.4, 0.5) is 0 Å². The summed E-state index contributed by atoms with van der Waals surface area (Å²) in [6, 6.07) is 0. The number of carbonyl (C=O) groups excluding carboxylic acids is 2. The Morgan fingerprint density at radius 3 is 2.62 bits per heavy atom. The van der Waals surface area contributed by atoms with Crippen LogP contribution in [0.2, 0.25) is 0 Å². The van der Waals surface area contributed by atoms with Crippen molar-refractivity contribution >= 4 is 11.9 Å². The van der Waals surface area contributed by atoms with Crippen molar-refractivity contribution in [3.8, 4) is 0 Å². The maximum absolute atomic E-state index is 11.4. The molecule has 0 saturated carbocycles. The molecule has 0 aromatic carbocycles. The molecule has 1 atom stereocenters. The molecule has 1 rings (SSSR count). The zero-order valence-electron chi connectivity index (χ0n) is 8.42. The number of hydrogen-bond acceptors (Lipinski definition) is 3. The molecule has 0 saturated heterocycles.